The normalized spacial score (nSPS) is 19.1. The molecule has 0 bridgehead atoms. The van der Waals surface area contributed by atoms with Crippen molar-refractivity contribution < 1.29 is 14.3 Å². The zero-order valence-electron chi connectivity index (χ0n) is 13.4. The molecule has 24 heavy (non-hydrogen) atoms. The van der Waals surface area contributed by atoms with Crippen LogP contribution in [-0.4, -0.2) is 35.9 Å². The molecule has 0 unspecified atom stereocenters. The summed E-state index contributed by atoms with van der Waals surface area (Å²) in [6.07, 6.45) is 1.19. The molecule has 0 spiro atoms. The average molecular weight is 324 g/mol. The Bertz CT molecular complexity index is 802. The number of carbonyl (C=O) groups excluding carboxylic acids is 2. The van der Waals surface area contributed by atoms with Crippen molar-refractivity contribution in [2.45, 2.75) is 25.6 Å². The number of hydrogen-bond acceptors (Lipinski definition) is 3. The number of nitrogens with two attached hydrogens (primary N) is 1. The zero-order valence-corrected chi connectivity index (χ0v) is 13.4. The first-order valence-corrected chi connectivity index (χ1v) is 8.28. The molecule has 1 saturated carbocycles. The van der Waals surface area contributed by atoms with Gasteiger partial charge in [0.2, 0.25) is 11.8 Å². The SMILES string of the molecule is NC(=O)C1(C(=O)N2CC(OCc3cccc4ccccc34)C2)CC1. The Balaban J connectivity index is 1.34. The average Bonchev–Trinajstić information content (AvgIpc) is 3.35. The molecular formula is C19H20N2O3. The summed E-state index contributed by atoms with van der Waals surface area (Å²) in [5, 5.41) is 2.39. The van der Waals surface area contributed by atoms with Gasteiger partial charge < -0.3 is 15.4 Å². The quantitative estimate of drug-likeness (QED) is 0.853. The molecule has 0 radical (unpaired) electrons. The van der Waals surface area contributed by atoms with Crippen LogP contribution in [0.4, 0.5) is 0 Å². The first-order valence-electron chi connectivity index (χ1n) is 8.28. The van der Waals surface area contributed by atoms with E-state index in [4.69, 9.17) is 10.5 Å². The predicted molar refractivity (Wildman–Crippen MR) is 90.0 cm³/mol. The van der Waals surface area contributed by atoms with Gasteiger partial charge in [-0.05, 0) is 29.2 Å². The predicted octanol–water partition coefficient (Wildman–Crippen LogP) is 1.83. The summed E-state index contributed by atoms with van der Waals surface area (Å²) in [6, 6.07) is 14.4. The minimum Gasteiger partial charge on any atom is -0.370 e. The number of nitrogens with zero attached hydrogens (tertiary/aromatic N) is 1. The van der Waals surface area contributed by atoms with Gasteiger partial charge in [0.15, 0.2) is 0 Å². The zero-order chi connectivity index (χ0) is 16.7. The van der Waals surface area contributed by atoms with Gasteiger partial charge in [0.25, 0.3) is 0 Å². The third kappa shape index (κ3) is 2.45. The van der Waals surface area contributed by atoms with Crippen LogP contribution >= 0.6 is 0 Å². The number of likely N-dealkylation sites (tertiary alicyclic amines) is 1. The van der Waals surface area contributed by atoms with Crippen molar-refractivity contribution in [3.8, 4) is 0 Å². The van der Waals surface area contributed by atoms with Crippen LogP contribution in [0.2, 0.25) is 0 Å². The van der Waals surface area contributed by atoms with Crippen molar-refractivity contribution in [2.24, 2.45) is 11.1 Å². The van der Waals surface area contributed by atoms with Crippen LogP contribution in [0.1, 0.15) is 18.4 Å². The van der Waals surface area contributed by atoms with E-state index < -0.39 is 11.3 Å². The van der Waals surface area contributed by atoms with Crippen molar-refractivity contribution in [3.05, 3.63) is 48.0 Å². The summed E-state index contributed by atoms with van der Waals surface area (Å²) in [4.78, 5) is 25.4. The van der Waals surface area contributed by atoms with E-state index in [2.05, 4.69) is 24.3 Å². The van der Waals surface area contributed by atoms with Gasteiger partial charge in [0.1, 0.15) is 5.41 Å². The smallest absolute Gasteiger partial charge is 0.238 e. The van der Waals surface area contributed by atoms with Gasteiger partial charge in [-0.25, -0.2) is 0 Å². The minimum atomic E-state index is -0.916. The molecule has 2 fully saturated rings. The van der Waals surface area contributed by atoms with E-state index in [9.17, 15) is 9.59 Å². The summed E-state index contributed by atoms with van der Waals surface area (Å²) in [7, 11) is 0. The lowest BCUT2D eigenvalue weighted by atomic mass is 10.0. The van der Waals surface area contributed by atoms with Gasteiger partial charge in [-0.3, -0.25) is 9.59 Å². The van der Waals surface area contributed by atoms with Gasteiger partial charge in [-0.1, -0.05) is 42.5 Å². The Morgan fingerprint density at radius 2 is 1.83 bits per heavy atom. The van der Waals surface area contributed by atoms with Gasteiger partial charge in [0, 0.05) is 13.1 Å². The van der Waals surface area contributed by atoms with Crippen LogP contribution in [0.3, 0.4) is 0 Å². The topological polar surface area (TPSA) is 72.6 Å². The number of rotatable bonds is 5. The fourth-order valence-corrected chi connectivity index (χ4v) is 3.33. The highest BCUT2D eigenvalue weighted by molar-refractivity contribution is 6.07. The Morgan fingerprint density at radius 3 is 2.54 bits per heavy atom. The van der Waals surface area contributed by atoms with Crippen LogP contribution < -0.4 is 5.73 Å². The van der Waals surface area contributed by atoms with E-state index in [1.807, 2.05) is 18.2 Å². The van der Waals surface area contributed by atoms with Gasteiger partial charge >= 0.3 is 0 Å². The van der Waals surface area contributed by atoms with Crippen molar-refractivity contribution in [1.29, 1.82) is 0 Å². The van der Waals surface area contributed by atoms with E-state index in [0.717, 1.165) is 5.56 Å². The molecule has 5 heteroatoms. The van der Waals surface area contributed by atoms with Crippen molar-refractivity contribution in [2.75, 3.05) is 13.1 Å². The number of fused-ring (bicyclic) bond motifs is 1. The second kappa shape index (κ2) is 5.60. The highest BCUT2D eigenvalue weighted by atomic mass is 16.5. The summed E-state index contributed by atoms with van der Waals surface area (Å²) in [5.41, 5.74) is 5.59. The maximum absolute atomic E-state index is 12.3. The molecule has 2 amide bonds. The Kier molecular flexibility index (Phi) is 3.53. The second-order valence-electron chi connectivity index (χ2n) is 6.73. The monoisotopic (exact) mass is 324 g/mol. The molecule has 1 saturated heterocycles. The number of carbonyl (C=O) groups is 2. The molecule has 1 aliphatic carbocycles. The Morgan fingerprint density at radius 1 is 1.12 bits per heavy atom. The highest BCUT2D eigenvalue weighted by Gasteiger charge is 2.58. The lowest BCUT2D eigenvalue weighted by Gasteiger charge is -2.40. The van der Waals surface area contributed by atoms with Crippen molar-refractivity contribution >= 4 is 22.6 Å². The molecule has 5 nitrogen and oxygen atoms in total. The van der Waals surface area contributed by atoms with Crippen LogP contribution in [-0.2, 0) is 20.9 Å². The molecule has 2 aromatic rings. The lowest BCUT2D eigenvalue weighted by molar-refractivity contribution is -0.154. The van der Waals surface area contributed by atoms with Crippen molar-refractivity contribution in [1.82, 2.24) is 4.90 Å². The molecule has 2 N–H and O–H groups in total. The maximum atomic E-state index is 12.3. The van der Waals surface area contributed by atoms with Crippen LogP contribution in [0.25, 0.3) is 10.8 Å². The molecular weight excluding hydrogens is 304 g/mol. The van der Waals surface area contributed by atoms with Gasteiger partial charge in [-0.2, -0.15) is 0 Å². The standard InChI is InChI=1S/C19H20N2O3/c20-17(22)19(8-9-19)18(23)21-10-15(11-21)24-12-14-6-3-5-13-4-1-2-7-16(13)14/h1-7,15H,8-12H2,(H2,20,22). The molecule has 2 aliphatic rings. The van der Waals surface area contributed by atoms with E-state index in [0.29, 0.717) is 32.5 Å². The lowest BCUT2D eigenvalue weighted by Crippen LogP contribution is -2.58. The van der Waals surface area contributed by atoms with Crippen LogP contribution in [0.5, 0.6) is 0 Å². The first-order chi connectivity index (χ1) is 11.6. The highest BCUT2D eigenvalue weighted by Crippen LogP contribution is 2.47. The molecule has 0 atom stereocenters. The minimum absolute atomic E-state index is 0.0246. The third-order valence-electron chi connectivity index (χ3n) is 5.12. The van der Waals surface area contributed by atoms with E-state index >= 15 is 0 Å². The van der Waals surface area contributed by atoms with Gasteiger partial charge in [0.05, 0.1) is 12.7 Å². The van der Waals surface area contributed by atoms with Crippen molar-refractivity contribution in [3.63, 3.8) is 0 Å². The molecule has 0 aromatic heterocycles. The Hall–Kier alpha value is -2.40. The number of primary amides is 1. The number of hydrogen-bond donors (Lipinski definition) is 1. The summed E-state index contributed by atoms with van der Waals surface area (Å²) in [5.74, 6) is -0.618. The van der Waals surface area contributed by atoms with E-state index in [1.165, 1.54) is 10.8 Å². The van der Waals surface area contributed by atoms with Gasteiger partial charge in [-0.15, -0.1) is 0 Å². The number of amides is 2. The largest absolute Gasteiger partial charge is 0.370 e. The van der Waals surface area contributed by atoms with Crippen LogP contribution in [0, 0.1) is 5.41 Å². The molecule has 4 rings (SSSR count). The third-order valence-corrected chi connectivity index (χ3v) is 5.12. The summed E-state index contributed by atoms with van der Waals surface area (Å²) in [6.45, 7) is 1.60. The molecule has 1 aliphatic heterocycles. The molecule has 124 valence electrons. The summed E-state index contributed by atoms with van der Waals surface area (Å²) < 4.78 is 5.94. The van der Waals surface area contributed by atoms with E-state index in [-0.39, 0.29) is 12.0 Å². The van der Waals surface area contributed by atoms with E-state index in [1.54, 1.807) is 4.90 Å². The molecule has 1 heterocycles. The number of benzene rings is 2. The maximum Gasteiger partial charge on any atom is 0.238 e. The number of ether oxygens (including phenoxy) is 1. The fraction of sp³-hybridized carbons (Fsp3) is 0.368. The first kappa shape index (κ1) is 15.1. The van der Waals surface area contributed by atoms with Crippen LogP contribution in [0.15, 0.2) is 42.5 Å². The Labute approximate surface area is 140 Å². The molecule has 2 aromatic carbocycles. The summed E-state index contributed by atoms with van der Waals surface area (Å²) >= 11 is 0. The second-order valence-corrected chi connectivity index (χ2v) is 6.73. The fourth-order valence-electron chi connectivity index (χ4n) is 3.33.